The number of aromatic nitrogens is 2. The number of esters is 1. The molecule has 2 heterocycles. The van der Waals surface area contributed by atoms with Crippen molar-refractivity contribution >= 4 is 11.7 Å². The summed E-state index contributed by atoms with van der Waals surface area (Å²) in [7, 11) is 0. The van der Waals surface area contributed by atoms with E-state index in [4.69, 9.17) is 10.5 Å². The molecule has 2 aromatic rings. The number of ether oxygens (including phenoxy) is 1. The predicted molar refractivity (Wildman–Crippen MR) is 62.0 cm³/mol. The van der Waals surface area contributed by atoms with E-state index in [0.717, 1.165) is 5.56 Å². The summed E-state index contributed by atoms with van der Waals surface area (Å²) in [5.41, 5.74) is 7.05. The Balaban J connectivity index is 1.96. The third kappa shape index (κ3) is 3.01. The topological polar surface area (TPSA) is 78.1 Å². The normalized spacial score (nSPS) is 9.88. The fraction of sp³-hybridized carbons (Fsp3) is 0.0833. The molecule has 0 aliphatic rings. The number of carbonyl (C=O) groups excluding carboxylic acids is 1. The Kier molecular flexibility index (Phi) is 3.30. The van der Waals surface area contributed by atoms with Crippen LogP contribution in [0, 0.1) is 0 Å². The first kappa shape index (κ1) is 11.1. The van der Waals surface area contributed by atoms with Crippen LogP contribution in [0.25, 0.3) is 0 Å². The monoisotopic (exact) mass is 229 g/mol. The Morgan fingerprint density at radius 1 is 1.29 bits per heavy atom. The van der Waals surface area contributed by atoms with Crippen molar-refractivity contribution in [2.75, 3.05) is 5.73 Å². The Morgan fingerprint density at radius 2 is 2.18 bits per heavy atom. The zero-order chi connectivity index (χ0) is 12.1. The lowest BCUT2D eigenvalue weighted by atomic mass is 10.3. The molecule has 2 rings (SSSR count). The minimum atomic E-state index is -0.478. The molecule has 0 aliphatic carbocycles. The molecule has 0 saturated carbocycles. The summed E-state index contributed by atoms with van der Waals surface area (Å²) in [4.78, 5) is 19.4. The van der Waals surface area contributed by atoms with E-state index in [-0.39, 0.29) is 12.3 Å². The molecule has 0 aromatic carbocycles. The van der Waals surface area contributed by atoms with Crippen LogP contribution in [0.4, 0.5) is 5.69 Å². The van der Waals surface area contributed by atoms with Crippen LogP contribution in [0.5, 0.6) is 0 Å². The third-order valence-corrected chi connectivity index (χ3v) is 2.09. The minimum Gasteiger partial charge on any atom is -0.456 e. The van der Waals surface area contributed by atoms with Gasteiger partial charge in [0, 0.05) is 18.0 Å². The van der Waals surface area contributed by atoms with Crippen LogP contribution < -0.4 is 5.73 Å². The van der Waals surface area contributed by atoms with Gasteiger partial charge >= 0.3 is 5.97 Å². The number of rotatable bonds is 3. The van der Waals surface area contributed by atoms with Crippen molar-refractivity contribution < 1.29 is 9.53 Å². The van der Waals surface area contributed by atoms with Gasteiger partial charge in [-0.2, -0.15) is 0 Å². The number of nitrogens with zero attached hydrogens (tertiary/aromatic N) is 2. The minimum absolute atomic E-state index is 0.179. The second kappa shape index (κ2) is 5.07. The molecular weight excluding hydrogens is 218 g/mol. The maximum Gasteiger partial charge on any atom is 0.357 e. The molecular formula is C12H11N3O2. The Bertz CT molecular complexity index is 497. The number of nitrogens with two attached hydrogens (primary N) is 1. The maximum absolute atomic E-state index is 11.6. The van der Waals surface area contributed by atoms with E-state index < -0.39 is 5.97 Å². The van der Waals surface area contributed by atoms with Gasteiger partial charge in [0.05, 0.1) is 11.9 Å². The molecule has 86 valence electrons. The second-order valence-corrected chi connectivity index (χ2v) is 3.41. The van der Waals surface area contributed by atoms with Crippen molar-refractivity contribution in [2.24, 2.45) is 0 Å². The van der Waals surface area contributed by atoms with Crippen molar-refractivity contribution in [3.63, 3.8) is 0 Å². The first-order valence-electron chi connectivity index (χ1n) is 5.03. The number of carbonyl (C=O) groups is 1. The molecule has 2 N–H and O–H groups in total. The lowest BCUT2D eigenvalue weighted by Crippen LogP contribution is -2.07. The van der Waals surface area contributed by atoms with Gasteiger partial charge in [-0.05, 0) is 18.2 Å². The first-order chi connectivity index (χ1) is 8.25. The quantitative estimate of drug-likeness (QED) is 0.805. The van der Waals surface area contributed by atoms with E-state index in [2.05, 4.69) is 9.97 Å². The Hall–Kier alpha value is -2.43. The van der Waals surface area contributed by atoms with E-state index in [9.17, 15) is 4.79 Å². The molecule has 0 aliphatic heterocycles. The van der Waals surface area contributed by atoms with Gasteiger partial charge in [-0.3, -0.25) is 4.98 Å². The van der Waals surface area contributed by atoms with Crippen molar-refractivity contribution in [1.29, 1.82) is 0 Å². The number of anilines is 1. The zero-order valence-electron chi connectivity index (χ0n) is 9.04. The molecule has 5 nitrogen and oxygen atoms in total. The molecule has 0 spiro atoms. The molecule has 0 amide bonds. The lowest BCUT2D eigenvalue weighted by Gasteiger charge is -2.03. The van der Waals surface area contributed by atoms with Crippen LogP contribution in [-0.4, -0.2) is 15.9 Å². The average molecular weight is 229 g/mol. The molecule has 0 fully saturated rings. The van der Waals surface area contributed by atoms with Gasteiger partial charge in [-0.1, -0.05) is 6.07 Å². The van der Waals surface area contributed by atoms with Crippen molar-refractivity contribution in [3.8, 4) is 0 Å². The Morgan fingerprint density at radius 3 is 2.82 bits per heavy atom. The van der Waals surface area contributed by atoms with Crippen molar-refractivity contribution in [2.45, 2.75) is 6.61 Å². The molecule has 0 radical (unpaired) electrons. The molecule has 0 atom stereocenters. The lowest BCUT2D eigenvalue weighted by molar-refractivity contribution is 0.0465. The van der Waals surface area contributed by atoms with E-state index in [0.29, 0.717) is 5.69 Å². The zero-order valence-corrected chi connectivity index (χ0v) is 9.04. The number of hydrogen-bond donors (Lipinski definition) is 1. The molecule has 17 heavy (non-hydrogen) atoms. The van der Waals surface area contributed by atoms with Crippen LogP contribution >= 0.6 is 0 Å². The highest BCUT2D eigenvalue weighted by Crippen LogP contribution is 2.05. The summed E-state index contributed by atoms with van der Waals surface area (Å²) < 4.78 is 5.07. The smallest absolute Gasteiger partial charge is 0.357 e. The van der Waals surface area contributed by atoms with Gasteiger partial charge in [0.15, 0.2) is 0 Å². The van der Waals surface area contributed by atoms with Crippen LogP contribution in [0.2, 0.25) is 0 Å². The largest absolute Gasteiger partial charge is 0.456 e. The van der Waals surface area contributed by atoms with Crippen LogP contribution in [-0.2, 0) is 11.3 Å². The van der Waals surface area contributed by atoms with Crippen molar-refractivity contribution in [1.82, 2.24) is 9.97 Å². The number of nitrogen functional groups attached to an aromatic ring is 1. The second-order valence-electron chi connectivity index (χ2n) is 3.41. The molecule has 2 aromatic heterocycles. The summed E-state index contributed by atoms with van der Waals surface area (Å²) in [5.74, 6) is -0.478. The van der Waals surface area contributed by atoms with Crippen LogP contribution in [0.15, 0.2) is 42.9 Å². The number of hydrogen-bond acceptors (Lipinski definition) is 5. The van der Waals surface area contributed by atoms with E-state index in [1.165, 1.54) is 12.3 Å². The van der Waals surface area contributed by atoms with Gasteiger partial charge in [0.2, 0.25) is 0 Å². The standard InChI is InChI=1S/C12H11N3O2/c13-10-3-4-11(15-7-10)12(16)17-8-9-2-1-5-14-6-9/h1-7H,8,13H2. The fourth-order valence-corrected chi connectivity index (χ4v) is 1.23. The summed E-state index contributed by atoms with van der Waals surface area (Å²) in [6, 6.07) is 6.75. The summed E-state index contributed by atoms with van der Waals surface area (Å²) in [5, 5.41) is 0. The maximum atomic E-state index is 11.6. The van der Waals surface area contributed by atoms with Crippen molar-refractivity contribution in [3.05, 3.63) is 54.1 Å². The van der Waals surface area contributed by atoms with Gasteiger partial charge in [-0.15, -0.1) is 0 Å². The molecule has 0 unspecified atom stereocenters. The fourth-order valence-electron chi connectivity index (χ4n) is 1.23. The van der Waals surface area contributed by atoms with Gasteiger partial charge in [0.25, 0.3) is 0 Å². The first-order valence-corrected chi connectivity index (χ1v) is 5.03. The van der Waals surface area contributed by atoms with Gasteiger partial charge < -0.3 is 10.5 Å². The Labute approximate surface area is 98.3 Å². The SMILES string of the molecule is Nc1ccc(C(=O)OCc2cccnc2)nc1. The van der Waals surface area contributed by atoms with Crippen LogP contribution in [0.1, 0.15) is 16.1 Å². The van der Waals surface area contributed by atoms with Gasteiger partial charge in [0.1, 0.15) is 12.3 Å². The average Bonchev–Trinajstić information content (AvgIpc) is 2.38. The summed E-state index contributed by atoms with van der Waals surface area (Å²) in [6.07, 6.45) is 4.72. The molecule has 0 bridgehead atoms. The molecule has 5 heteroatoms. The van der Waals surface area contributed by atoms with E-state index >= 15 is 0 Å². The highest BCUT2D eigenvalue weighted by molar-refractivity contribution is 5.87. The van der Waals surface area contributed by atoms with E-state index in [1.807, 2.05) is 6.07 Å². The highest BCUT2D eigenvalue weighted by atomic mass is 16.5. The van der Waals surface area contributed by atoms with Crippen LogP contribution in [0.3, 0.4) is 0 Å². The van der Waals surface area contributed by atoms with Gasteiger partial charge in [-0.25, -0.2) is 9.78 Å². The summed E-state index contributed by atoms with van der Waals surface area (Å²) >= 11 is 0. The number of pyridine rings is 2. The summed E-state index contributed by atoms with van der Waals surface area (Å²) in [6.45, 7) is 0.179. The third-order valence-electron chi connectivity index (χ3n) is 2.09. The highest BCUT2D eigenvalue weighted by Gasteiger charge is 2.08. The molecule has 0 saturated heterocycles. The van der Waals surface area contributed by atoms with E-state index in [1.54, 1.807) is 24.5 Å². The predicted octanol–water partition coefficient (Wildman–Crippen LogP) is 1.42.